The first-order valence-corrected chi connectivity index (χ1v) is 8.21. The molecule has 0 bridgehead atoms. The predicted octanol–water partition coefficient (Wildman–Crippen LogP) is 1.44. The molecule has 0 spiro atoms. The van der Waals surface area contributed by atoms with Crippen LogP contribution in [0.5, 0.6) is 0 Å². The van der Waals surface area contributed by atoms with E-state index in [4.69, 9.17) is 5.73 Å². The molecule has 0 aliphatic carbocycles. The van der Waals surface area contributed by atoms with Gasteiger partial charge >= 0.3 is 0 Å². The number of likely N-dealkylation sites (N-methyl/N-ethyl adjacent to an activating group) is 1. The van der Waals surface area contributed by atoms with E-state index >= 15 is 0 Å². The molecule has 0 aromatic heterocycles. The van der Waals surface area contributed by atoms with Crippen molar-refractivity contribution in [2.75, 3.05) is 38.0 Å². The molecule has 0 unspecified atom stereocenters. The van der Waals surface area contributed by atoms with Gasteiger partial charge in [0.2, 0.25) is 5.91 Å². The molecule has 2 amide bonds. The Balaban J connectivity index is 2.43. The Morgan fingerprint density at radius 2 is 1.78 bits per heavy atom. The third-order valence-electron chi connectivity index (χ3n) is 3.65. The number of carbonyl (C=O) groups excluding carboxylic acids is 2. The number of amides is 2. The van der Waals surface area contributed by atoms with Crippen LogP contribution < -0.4 is 16.4 Å². The Labute approximate surface area is 138 Å². The number of nitrogens with one attached hydrogen (secondary N) is 2. The topological polar surface area (TPSA) is 87.5 Å². The fourth-order valence-electron chi connectivity index (χ4n) is 2.16. The van der Waals surface area contributed by atoms with Gasteiger partial charge < -0.3 is 21.3 Å². The summed E-state index contributed by atoms with van der Waals surface area (Å²) in [7, 11) is 0. The lowest BCUT2D eigenvalue weighted by atomic mass is 10.2. The second kappa shape index (κ2) is 10.7. The monoisotopic (exact) mass is 320 g/mol. The molecule has 0 aliphatic heterocycles. The summed E-state index contributed by atoms with van der Waals surface area (Å²) in [5.41, 5.74) is 6.65. The second-order valence-electron chi connectivity index (χ2n) is 5.30. The van der Waals surface area contributed by atoms with Gasteiger partial charge in [-0.1, -0.05) is 13.8 Å². The number of benzene rings is 1. The Hall–Kier alpha value is -1.92. The lowest BCUT2D eigenvalue weighted by molar-refractivity contribution is -0.116. The van der Waals surface area contributed by atoms with Crippen LogP contribution in [0.2, 0.25) is 0 Å². The van der Waals surface area contributed by atoms with Gasteiger partial charge in [0.05, 0.1) is 0 Å². The van der Waals surface area contributed by atoms with E-state index < -0.39 is 0 Å². The van der Waals surface area contributed by atoms with Crippen molar-refractivity contribution in [1.29, 1.82) is 0 Å². The lowest BCUT2D eigenvalue weighted by Crippen LogP contribution is -2.34. The van der Waals surface area contributed by atoms with Crippen molar-refractivity contribution < 1.29 is 9.59 Å². The number of hydrogen-bond acceptors (Lipinski definition) is 4. The summed E-state index contributed by atoms with van der Waals surface area (Å²) >= 11 is 0. The van der Waals surface area contributed by atoms with Crippen LogP contribution in [0.25, 0.3) is 0 Å². The predicted molar refractivity (Wildman–Crippen MR) is 93.5 cm³/mol. The van der Waals surface area contributed by atoms with Crippen LogP contribution in [0.15, 0.2) is 24.3 Å². The van der Waals surface area contributed by atoms with Crippen molar-refractivity contribution in [3.63, 3.8) is 0 Å². The van der Waals surface area contributed by atoms with Crippen LogP contribution in [0.1, 0.15) is 37.0 Å². The Bertz CT molecular complexity index is 484. The van der Waals surface area contributed by atoms with E-state index in [2.05, 4.69) is 29.4 Å². The number of hydrogen-bond donors (Lipinski definition) is 3. The van der Waals surface area contributed by atoms with E-state index in [0.29, 0.717) is 37.2 Å². The molecule has 0 atom stereocenters. The fraction of sp³-hybridized carbons (Fsp3) is 0.529. The van der Waals surface area contributed by atoms with Crippen LogP contribution in [0.4, 0.5) is 5.69 Å². The quantitative estimate of drug-likeness (QED) is 0.609. The van der Waals surface area contributed by atoms with Gasteiger partial charge in [0.25, 0.3) is 5.91 Å². The van der Waals surface area contributed by atoms with Gasteiger partial charge in [0.15, 0.2) is 0 Å². The second-order valence-corrected chi connectivity index (χ2v) is 5.30. The smallest absolute Gasteiger partial charge is 0.251 e. The first-order chi connectivity index (χ1) is 11.1. The lowest BCUT2D eigenvalue weighted by Gasteiger charge is -2.17. The molecule has 0 saturated carbocycles. The Morgan fingerprint density at radius 3 is 2.35 bits per heavy atom. The zero-order valence-electron chi connectivity index (χ0n) is 14.1. The van der Waals surface area contributed by atoms with Crippen molar-refractivity contribution >= 4 is 17.5 Å². The van der Waals surface area contributed by atoms with Gasteiger partial charge in [-0.15, -0.1) is 0 Å². The molecular weight excluding hydrogens is 292 g/mol. The normalized spacial score (nSPS) is 10.6. The van der Waals surface area contributed by atoms with Crippen LogP contribution in [0.3, 0.4) is 0 Å². The molecule has 23 heavy (non-hydrogen) atoms. The average Bonchev–Trinajstić information content (AvgIpc) is 2.57. The van der Waals surface area contributed by atoms with Crippen LogP contribution in [-0.4, -0.2) is 49.4 Å². The number of rotatable bonds is 10. The molecule has 1 rings (SSSR count). The molecule has 1 aromatic carbocycles. The largest absolute Gasteiger partial charge is 0.351 e. The summed E-state index contributed by atoms with van der Waals surface area (Å²) in [6.07, 6.45) is 1.07. The van der Waals surface area contributed by atoms with Crippen molar-refractivity contribution in [1.82, 2.24) is 10.2 Å². The molecule has 0 heterocycles. The molecule has 0 saturated heterocycles. The highest BCUT2D eigenvalue weighted by molar-refractivity contribution is 5.95. The third kappa shape index (κ3) is 7.25. The van der Waals surface area contributed by atoms with Crippen molar-refractivity contribution in [3.8, 4) is 0 Å². The summed E-state index contributed by atoms with van der Waals surface area (Å²) in [5, 5.41) is 5.69. The highest BCUT2D eigenvalue weighted by Crippen LogP contribution is 2.10. The standard InChI is InChI=1S/C17H28N4O2/c1-3-21(4-2)13-12-19-17(23)14-7-9-15(10-8-14)20-16(22)6-5-11-18/h7-10H,3-6,11-13,18H2,1-2H3,(H,19,23)(H,20,22). The van der Waals surface area contributed by atoms with Crippen LogP contribution >= 0.6 is 0 Å². The van der Waals surface area contributed by atoms with Crippen molar-refractivity contribution in [2.45, 2.75) is 26.7 Å². The molecule has 0 fully saturated rings. The molecule has 128 valence electrons. The van der Waals surface area contributed by atoms with E-state index in [1.165, 1.54) is 0 Å². The minimum absolute atomic E-state index is 0.0631. The molecule has 6 nitrogen and oxygen atoms in total. The maximum Gasteiger partial charge on any atom is 0.251 e. The summed E-state index contributed by atoms with van der Waals surface area (Å²) in [4.78, 5) is 25.9. The fourth-order valence-corrected chi connectivity index (χ4v) is 2.16. The number of nitrogens with two attached hydrogens (primary N) is 1. The van der Waals surface area contributed by atoms with E-state index in [1.807, 2.05) is 0 Å². The van der Waals surface area contributed by atoms with Crippen molar-refractivity contribution in [2.24, 2.45) is 5.73 Å². The maximum atomic E-state index is 12.0. The zero-order valence-corrected chi connectivity index (χ0v) is 14.1. The molecule has 4 N–H and O–H groups in total. The summed E-state index contributed by atoms with van der Waals surface area (Å²) in [6, 6.07) is 6.90. The van der Waals surface area contributed by atoms with Crippen molar-refractivity contribution in [3.05, 3.63) is 29.8 Å². The SMILES string of the molecule is CCN(CC)CCNC(=O)c1ccc(NC(=O)CCCN)cc1. The highest BCUT2D eigenvalue weighted by atomic mass is 16.2. The minimum Gasteiger partial charge on any atom is -0.351 e. The van der Waals surface area contributed by atoms with Gasteiger partial charge in [0, 0.05) is 30.8 Å². The first-order valence-electron chi connectivity index (χ1n) is 8.21. The Kier molecular flexibility index (Phi) is 8.94. The molecule has 6 heteroatoms. The van der Waals surface area contributed by atoms with Gasteiger partial charge in [0.1, 0.15) is 0 Å². The molecular formula is C17H28N4O2. The van der Waals surface area contributed by atoms with Crippen LogP contribution in [-0.2, 0) is 4.79 Å². The first kappa shape index (κ1) is 19.1. The molecule has 0 radical (unpaired) electrons. The number of nitrogens with zero attached hydrogens (tertiary/aromatic N) is 1. The van der Waals surface area contributed by atoms with E-state index in [9.17, 15) is 9.59 Å². The minimum atomic E-state index is -0.0989. The number of anilines is 1. The van der Waals surface area contributed by atoms with Gasteiger partial charge in [-0.2, -0.15) is 0 Å². The van der Waals surface area contributed by atoms with E-state index in [1.54, 1.807) is 24.3 Å². The van der Waals surface area contributed by atoms with Gasteiger partial charge in [-0.25, -0.2) is 0 Å². The van der Waals surface area contributed by atoms with E-state index in [-0.39, 0.29) is 11.8 Å². The molecule has 1 aromatic rings. The Morgan fingerprint density at radius 1 is 1.13 bits per heavy atom. The zero-order chi connectivity index (χ0) is 17.1. The highest BCUT2D eigenvalue weighted by Gasteiger charge is 2.07. The van der Waals surface area contributed by atoms with Gasteiger partial charge in [-0.05, 0) is 50.3 Å². The number of carbonyl (C=O) groups is 2. The third-order valence-corrected chi connectivity index (χ3v) is 3.65. The van der Waals surface area contributed by atoms with Crippen LogP contribution in [0, 0.1) is 0 Å². The average molecular weight is 320 g/mol. The van der Waals surface area contributed by atoms with E-state index in [0.717, 1.165) is 19.6 Å². The summed E-state index contributed by atoms with van der Waals surface area (Å²) in [6.45, 7) is 8.12. The summed E-state index contributed by atoms with van der Waals surface area (Å²) < 4.78 is 0. The summed E-state index contributed by atoms with van der Waals surface area (Å²) in [5.74, 6) is -0.162. The molecule has 0 aliphatic rings. The van der Waals surface area contributed by atoms with Gasteiger partial charge in [-0.3, -0.25) is 9.59 Å². The maximum absolute atomic E-state index is 12.0.